The van der Waals surface area contributed by atoms with Crippen molar-refractivity contribution in [3.63, 3.8) is 0 Å². The van der Waals surface area contributed by atoms with Crippen molar-refractivity contribution in [2.75, 3.05) is 13.2 Å². The summed E-state index contributed by atoms with van der Waals surface area (Å²) in [6.07, 6.45) is 3.69. The second-order valence-electron chi connectivity index (χ2n) is 8.45. The van der Waals surface area contributed by atoms with Gasteiger partial charge in [0.25, 0.3) is 0 Å². The molecule has 1 spiro atoms. The van der Waals surface area contributed by atoms with Gasteiger partial charge in [-0.1, -0.05) is 41.5 Å². The van der Waals surface area contributed by atoms with E-state index in [4.69, 9.17) is 4.74 Å². The zero-order valence-corrected chi connectivity index (χ0v) is 13.1. The first-order valence-electron chi connectivity index (χ1n) is 7.53. The Bertz CT molecular complexity index is 290. The Morgan fingerprint density at radius 3 is 2.06 bits per heavy atom. The molecule has 2 nitrogen and oxygen atoms in total. The van der Waals surface area contributed by atoms with Crippen molar-refractivity contribution in [1.82, 2.24) is 5.32 Å². The lowest BCUT2D eigenvalue weighted by atomic mass is 9.56. The SMILES string of the molecule is CC(C)C1NCCOC12CC(C)(C)CC(C)(C)C2. The van der Waals surface area contributed by atoms with Gasteiger partial charge in [0, 0.05) is 12.6 Å². The van der Waals surface area contributed by atoms with Crippen molar-refractivity contribution < 1.29 is 4.74 Å². The molecule has 1 aliphatic heterocycles. The van der Waals surface area contributed by atoms with Crippen LogP contribution in [0.15, 0.2) is 0 Å². The second-order valence-corrected chi connectivity index (χ2v) is 8.45. The third-order valence-electron chi connectivity index (χ3n) is 4.60. The van der Waals surface area contributed by atoms with Gasteiger partial charge in [0.05, 0.1) is 12.2 Å². The van der Waals surface area contributed by atoms with Crippen LogP contribution < -0.4 is 5.32 Å². The highest BCUT2D eigenvalue weighted by atomic mass is 16.5. The van der Waals surface area contributed by atoms with E-state index in [1.54, 1.807) is 0 Å². The van der Waals surface area contributed by atoms with Gasteiger partial charge in [-0.2, -0.15) is 0 Å². The Balaban J connectivity index is 2.31. The van der Waals surface area contributed by atoms with Crippen LogP contribution in [0.2, 0.25) is 0 Å². The Morgan fingerprint density at radius 2 is 1.56 bits per heavy atom. The average molecular weight is 253 g/mol. The fourth-order valence-electron chi connectivity index (χ4n) is 5.01. The molecule has 0 radical (unpaired) electrons. The van der Waals surface area contributed by atoms with E-state index in [-0.39, 0.29) is 5.60 Å². The van der Waals surface area contributed by atoms with E-state index in [2.05, 4.69) is 46.9 Å². The first kappa shape index (κ1) is 14.3. The van der Waals surface area contributed by atoms with Gasteiger partial charge in [0.15, 0.2) is 0 Å². The molecule has 0 amide bonds. The van der Waals surface area contributed by atoms with Crippen LogP contribution in [0.4, 0.5) is 0 Å². The van der Waals surface area contributed by atoms with Gasteiger partial charge in [-0.05, 0) is 36.0 Å². The maximum atomic E-state index is 6.39. The predicted octanol–water partition coefficient (Wildman–Crippen LogP) is 3.61. The molecule has 2 rings (SSSR count). The van der Waals surface area contributed by atoms with E-state index in [0.717, 1.165) is 13.2 Å². The molecule has 1 aliphatic carbocycles. The molecule has 1 saturated heterocycles. The summed E-state index contributed by atoms with van der Waals surface area (Å²) in [4.78, 5) is 0. The maximum Gasteiger partial charge on any atom is 0.0848 e. The van der Waals surface area contributed by atoms with Crippen LogP contribution in [0, 0.1) is 16.7 Å². The summed E-state index contributed by atoms with van der Waals surface area (Å²) >= 11 is 0. The average Bonchev–Trinajstić information content (AvgIpc) is 2.11. The Hall–Kier alpha value is -0.0800. The number of rotatable bonds is 1. The van der Waals surface area contributed by atoms with Crippen LogP contribution in [0.25, 0.3) is 0 Å². The summed E-state index contributed by atoms with van der Waals surface area (Å²) in [6, 6.07) is 0.505. The van der Waals surface area contributed by atoms with Crippen LogP contribution in [0.5, 0.6) is 0 Å². The molecule has 1 heterocycles. The molecular weight excluding hydrogens is 222 g/mol. The third-order valence-corrected chi connectivity index (χ3v) is 4.60. The van der Waals surface area contributed by atoms with Crippen LogP contribution in [-0.2, 0) is 4.74 Å². The molecule has 0 aromatic heterocycles. The van der Waals surface area contributed by atoms with Crippen molar-refractivity contribution in [2.24, 2.45) is 16.7 Å². The molecule has 0 bridgehead atoms. The zero-order valence-electron chi connectivity index (χ0n) is 13.1. The molecule has 0 aromatic carbocycles. The summed E-state index contributed by atoms with van der Waals surface area (Å²) < 4.78 is 6.39. The van der Waals surface area contributed by atoms with Gasteiger partial charge in [-0.3, -0.25) is 0 Å². The summed E-state index contributed by atoms with van der Waals surface area (Å²) in [5, 5.41) is 3.73. The minimum absolute atomic E-state index is 0.0532. The number of ether oxygens (including phenoxy) is 1. The number of morpholine rings is 1. The van der Waals surface area contributed by atoms with Gasteiger partial charge >= 0.3 is 0 Å². The second kappa shape index (κ2) is 4.49. The molecule has 1 unspecified atom stereocenters. The smallest absolute Gasteiger partial charge is 0.0848 e. The predicted molar refractivity (Wildman–Crippen MR) is 76.7 cm³/mol. The number of nitrogens with one attached hydrogen (secondary N) is 1. The van der Waals surface area contributed by atoms with Crippen molar-refractivity contribution in [1.29, 1.82) is 0 Å². The summed E-state index contributed by atoms with van der Waals surface area (Å²) in [7, 11) is 0. The van der Waals surface area contributed by atoms with Crippen LogP contribution in [0.1, 0.15) is 60.8 Å². The van der Waals surface area contributed by atoms with E-state index >= 15 is 0 Å². The fourth-order valence-corrected chi connectivity index (χ4v) is 5.01. The Morgan fingerprint density at radius 1 is 1.00 bits per heavy atom. The van der Waals surface area contributed by atoms with E-state index in [1.807, 2.05) is 0 Å². The highest BCUT2D eigenvalue weighted by Crippen LogP contribution is 2.53. The quantitative estimate of drug-likeness (QED) is 0.771. The molecule has 1 saturated carbocycles. The lowest BCUT2D eigenvalue weighted by Gasteiger charge is -2.57. The molecule has 0 aromatic rings. The minimum Gasteiger partial charge on any atom is -0.372 e. The third kappa shape index (κ3) is 2.75. The monoisotopic (exact) mass is 253 g/mol. The maximum absolute atomic E-state index is 6.39. The number of hydrogen-bond donors (Lipinski definition) is 1. The van der Waals surface area contributed by atoms with E-state index in [0.29, 0.717) is 22.8 Å². The molecule has 1 N–H and O–H groups in total. The Labute approximate surface area is 113 Å². The molecule has 2 aliphatic rings. The lowest BCUT2D eigenvalue weighted by Crippen LogP contribution is -2.64. The zero-order chi connectivity index (χ0) is 13.6. The van der Waals surface area contributed by atoms with Crippen molar-refractivity contribution in [3.05, 3.63) is 0 Å². The Kier molecular flexibility index (Phi) is 3.57. The van der Waals surface area contributed by atoms with Crippen molar-refractivity contribution >= 4 is 0 Å². The lowest BCUT2D eigenvalue weighted by molar-refractivity contribution is -0.173. The van der Waals surface area contributed by atoms with Crippen molar-refractivity contribution in [3.8, 4) is 0 Å². The first-order valence-corrected chi connectivity index (χ1v) is 7.53. The summed E-state index contributed by atoms with van der Waals surface area (Å²) in [6.45, 7) is 16.2. The van der Waals surface area contributed by atoms with Crippen molar-refractivity contribution in [2.45, 2.75) is 72.4 Å². The normalized spacial score (nSPS) is 33.8. The standard InChI is InChI=1S/C16H31NO/c1-12(2)13-16(18-8-7-17-13)10-14(3,4)9-15(5,6)11-16/h12-13,17H,7-11H2,1-6H3. The van der Waals surface area contributed by atoms with Gasteiger partial charge < -0.3 is 10.1 Å². The molecule has 2 fully saturated rings. The van der Waals surface area contributed by atoms with E-state index in [9.17, 15) is 0 Å². The van der Waals surface area contributed by atoms with Gasteiger partial charge in [0.1, 0.15) is 0 Å². The molecule has 1 atom stereocenters. The van der Waals surface area contributed by atoms with Crippen LogP contribution in [0.3, 0.4) is 0 Å². The van der Waals surface area contributed by atoms with Crippen LogP contribution >= 0.6 is 0 Å². The molecule has 2 heteroatoms. The summed E-state index contributed by atoms with van der Waals surface area (Å²) in [5.74, 6) is 0.634. The highest BCUT2D eigenvalue weighted by molar-refractivity contribution is 5.07. The highest BCUT2D eigenvalue weighted by Gasteiger charge is 2.53. The molecule has 18 heavy (non-hydrogen) atoms. The minimum atomic E-state index is 0.0532. The topological polar surface area (TPSA) is 21.3 Å². The van der Waals surface area contributed by atoms with Gasteiger partial charge in [-0.15, -0.1) is 0 Å². The van der Waals surface area contributed by atoms with Crippen LogP contribution in [-0.4, -0.2) is 24.8 Å². The van der Waals surface area contributed by atoms with E-state index in [1.165, 1.54) is 19.3 Å². The molecular formula is C16H31NO. The summed E-state index contributed by atoms with van der Waals surface area (Å²) in [5.41, 5.74) is 0.819. The van der Waals surface area contributed by atoms with Gasteiger partial charge in [0.2, 0.25) is 0 Å². The van der Waals surface area contributed by atoms with Gasteiger partial charge in [-0.25, -0.2) is 0 Å². The first-order chi connectivity index (χ1) is 8.16. The fraction of sp³-hybridized carbons (Fsp3) is 1.00. The molecule has 106 valence electrons. The van der Waals surface area contributed by atoms with E-state index < -0.39 is 0 Å². The number of hydrogen-bond acceptors (Lipinski definition) is 2. The largest absolute Gasteiger partial charge is 0.372 e.